The number of nitrogens with one attached hydrogen (secondary N) is 3. The molecule has 65 heavy (non-hydrogen) atoms. The number of carbonyl (C=O) groups is 2. The highest BCUT2D eigenvalue weighted by Gasteiger charge is 2.33. The van der Waals surface area contributed by atoms with Crippen molar-refractivity contribution in [3.05, 3.63) is 137 Å². The Labute approximate surface area is 377 Å². The molecule has 6 aromatic rings. The number of anilines is 4. The van der Waals surface area contributed by atoms with Crippen LogP contribution in [0.4, 0.5) is 22.7 Å². The largest absolute Gasteiger partial charge is 0.492 e. The van der Waals surface area contributed by atoms with Crippen LogP contribution >= 0.6 is 0 Å². The molecular weight excluding hydrogens is 865 g/mol. The molecule has 1 saturated heterocycles. The number of aromatic amines is 1. The molecule has 334 valence electrons. The first-order valence-electron chi connectivity index (χ1n) is 21.9. The average Bonchev–Trinajstić information content (AvgIpc) is 4.01. The zero-order valence-electron chi connectivity index (χ0n) is 35.6. The minimum absolute atomic E-state index is 0.0992. The molecule has 5 aliphatic rings. The van der Waals surface area contributed by atoms with Gasteiger partial charge in [-0.2, -0.15) is 0 Å². The SMILES string of the molecule is O=C1Cc2cc(S(=O)(=O)N3CCCc4ccccc43)ccc2N1.O=C1Nc2ccc(S(=O)(=O)N3CCCc4ccccc43)cc2C1=Cc1cc2cc(OCCN3CCOCC3)ccc2[nH]1. The summed E-state index contributed by atoms with van der Waals surface area (Å²) < 4.78 is 68.0. The van der Waals surface area contributed by atoms with Crippen molar-refractivity contribution in [2.24, 2.45) is 0 Å². The fraction of sp³-hybridized carbons (Fsp3) is 0.265. The lowest BCUT2D eigenvalue weighted by atomic mass is 10.0. The monoisotopic (exact) mass is 912 g/mol. The number of H-pyrrole nitrogens is 1. The first kappa shape index (κ1) is 42.5. The Morgan fingerprint density at radius 1 is 0.662 bits per heavy atom. The molecule has 0 bridgehead atoms. The quantitative estimate of drug-likeness (QED) is 0.132. The molecule has 1 aromatic heterocycles. The van der Waals surface area contributed by atoms with Crippen molar-refractivity contribution in [3.63, 3.8) is 0 Å². The van der Waals surface area contributed by atoms with Gasteiger partial charge in [-0.3, -0.25) is 23.1 Å². The van der Waals surface area contributed by atoms with E-state index in [0.717, 1.165) is 109 Å². The number of benzene rings is 5. The lowest BCUT2D eigenvalue weighted by Crippen LogP contribution is -2.38. The molecule has 6 heterocycles. The van der Waals surface area contributed by atoms with E-state index in [4.69, 9.17) is 9.47 Å². The number of hydrogen-bond donors (Lipinski definition) is 3. The Morgan fingerprint density at radius 3 is 2.00 bits per heavy atom. The second-order valence-corrected chi connectivity index (χ2v) is 20.4. The summed E-state index contributed by atoms with van der Waals surface area (Å²) in [4.78, 5) is 30.5. The van der Waals surface area contributed by atoms with Gasteiger partial charge in [-0.25, -0.2) is 16.8 Å². The van der Waals surface area contributed by atoms with E-state index in [1.165, 1.54) is 8.61 Å². The van der Waals surface area contributed by atoms with Gasteiger partial charge in [0.15, 0.2) is 0 Å². The van der Waals surface area contributed by atoms with E-state index in [2.05, 4.69) is 20.5 Å². The highest BCUT2D eigenvalue weighted by atomic mass is 32.2. The van der Waals surface area contributed by atoms with Crippen LogP contribution in [0.25, 0.3) is 22.6 Å². The van der Waals surface area contributed by atoms with Gasteiger partial charge in [0.2, 0.25) is 5.91 Å². The molecule has 0 saturated carbocycles. The highest BCUT2D eigenvalue weighted by Crippen LogP contribution is 2.39. The van der Waals surface area contributed by atoms with E-state index in [-0.39, 0.29) is 28.0 Å². The second-order valence-electron chi connectivity index (χ2n) is 16.7. The van der Waals surface area contributed by atoms with Crippen LogP contribution in [0.15, 0.2) is 119 Å². The van der Waals surface area contributed by atoms with Crippen LogP contribution in [0.2, 0.25) is 0 Å². The number of nitrogens with zero attached hydrogens (tertiary/aromatic N) is 3. The van der Waals surface area contributed by atoms with Gasteiger partial charge in [0.05, 0.1) is 46.4 Å². The van der Waals surface area contributed by atoms with Gasteiger partial charge >= 0.3 is 0 Å². The number of ether oxygens (including phenoxy) is 2. The zero-order valence-corrected chi connectivity index (χ0v) is 37.2. The lowest BCUT2D eigenvalue weighted by molar-refractivity contribution is -0.115. The van der Waals surface area contributed by atoms with E-state index >= 15 is 0 Å². The minimum atomic E-state index is -3.82. The van der Waals surface area contributed by atoms with Crippen molar-refractivity contribution in [2.45, 2.75) is 41.9 Å². The van der Waals surface area contributed by atoms with E-state index < -0.39 is 20.0 Å². The number of sulfonamides is 2. The molecule has 0 spiro atoms. The molecule has 0 aliphatic carbocycles. The highest BCUT2D eigenvalue weighted by molar-refractivity contribution is 7.93. The van der Waals surface area contributed by atoms with Gasteiger partial charge in [-0.05, 0) is 121 Å². The Morgan fingerprint density at radius 2 is 1.31 bits per heavy atom. The lowest BCUT2D eigenvalue weighted by Gasteiger charge is -2.30. The van der Waals surface area contributed by atoms with Gasteiger partial charge in [0.25, 0.3) is 26.0 Å². The van der Waals surface area contributed by atoms with Crippen LogP contribution in [0.3, 0.4) is 0 Å². The minimum Gasteiger partial charge on any atom is -0.492 e. The molecule has 0 atom stereocenters. The van der Waals surface area contributed by atoms with Gasteiger partial charge in [0.1, 0.15) is 12.4 Å². The molecule has 16 heteroatoms. The third-order valence-electron chi connectivity index (χ3n) is 12.5. The van der Waals surface area contributed by atoms with Crippen molar-refractivity contribution in [1.29, 1.82) is 0 Å². The number of amides is 2. The van der Waals surface area contributed by atoms with Crippen molar-refractivity contribution in [1.82, 2.24) is 9.88 Å². The molecule has 0 unspecified atom stereocenters. The molecule has 5 aliphatic heterocycles. The van der Waals surface area contributed by atoms with E-state index in [0.29, 0.717) is 42.2 Å². The summed E-state index contributed by atoms with van der Waals surface area (Å²) in [6, 6.07) is 32.8. The number of morpholine rings is 1. The maximum Gasteiger partial charge on any atom is 0.264 e. The maximum absolute atomic E-state index is 13.8. The Balaban J connectivity index is 0.000000182. The molecule has 11 rings (SSSR count). The fourth-order valence-corrected chi connectivity index (χ4v) is 12.3. The zero-order chi connectivity index (χ0) is 44.7. The van der Waals surface area contributed by atoms with Crippen LogP contribution in [0.1, 0.15) is 40.8 Å². The molecule has 14 nitrogen and oxygen atoms in total. The first-order chi connectivity index (χ1) is 31.5. The Kier molecular flexibility index (Phi) is 11.4. The topological polar surface area (TPSA) is 170 Å². The normalized spacial score (nSPS) is 17.7. The molecule has 1 fully saturated rings. The molecule has 5 aromatic carbocycles. The van der Waals surface area contributed by atoms with Gasteiger partial charge in [0, 0.05) is 66.3 Å². The third-order valence-corrected chi connectivity index (χ3v) is 16.1. The number of aryl methyl sites for hydroxylation is 2. The van der Waals surface area contributed by atoms with E-state index in [1.807, 2.05) is 72.8 Å². The molecule has 2 amide bonds. The van der Waals surface area contributed by atoms with Crippen molar-refractivity contribution in [2.75, 3.05) is 71.8 Å². The van der Waals surface area contributed by atoms with E-state index in [9.17, 15) is 26.4 Å². The second kappa shape index (κ2) is 17.5. The molecular formula is C49H48N6O8S2. The number of carbonyl (C=O) groups excluding carboxylic acids is 2. The average molecular weight is 913 g/mol. The number of aromatic nitrogens is 1. The summed E-state index contributed by atoms with van der Waals surface area (Å²) in [5, 5.41) is 6.56. The third kappa shape index (κ3) is 8.50. The van der Waals surface area contributed by atoms with Crippen LogP contribution in [0, 0.1) is 0 Å². The summed E-state index contributed by atoms with van der Waals surface area (Å²) >= 11 is 0. The van der Waals surface area contributed by atoms with Gasteiger partial charge in [-0.15, -0.1) is 0 Å². The smallest absolute Gasteiger partial charge is 0.264 e. The van der Waals surface area contributed by atoms with Crippen LogP contribution in [-0.2, 0) is 53.6 Å². The molecule has 0 radical (unpaired) electrons. The maximum atomic E-state index is 13.8. The number of hydrogen-bond acceptors (Lipinski definition) is 9. The fourth-order valence-electron chi connectivity index (χ4n) is 9.16. The predicted octanol–water partition coefficient (Wildman–Crippen LogP) is 6.84. The van der Waals surface area contributed by atoms with Crippen molar-refractivity contribution in [3.8, 4) is 5.75 Å². The van der Waals surface area contributed by atoms with Crippen LogP contribution in [0.5, 0.6) is 5.75 Å². The summed E-state index contributed by atoms with van der Waals surface area (Å²) in [6.07, 6.45) is 5.31. The van der Waals surface area contributed by atoms with Crippen LogP contribution in [-0.4, -0.2) is 91.1 Å². The van der Waals surface area contributed by atoms with E-state index in [1.54, 1.807) is 42.5 Å². The standard InChI is InChI=1S/C32H32N4O5S.C17H16N2O3S/c37-32-28(20-24-18-23-19-25(7-9-29(23)33-24)41-17-14-35-12-15-40-16-13-35)27-21-26(8-10-30(27)34-32)42(38,39)36-11-3-5-22-4-1-2-6-31(22)36;20-17-11-13-10-14(7-8-15(13)18-17)23(21,22)19-9-3-5-12-4-1-2-6-16(12)19/h1-2,4,6-10,18-21,33H,3,5,11-17H2,(H,34,37);1-2,4,6-8,10H,3,5,9,11H2,(H,18,20). The van der Waals surface area contributed by atoms with Crippen molar-refractivity contribution < 1.29 is 35.9 Å². The number of rotatable bonds is 9. The summed E-state index contributed by atoms with van der Waals surface area (Å²) in [5.74, 6) is 0.415. The Hall–Kier alpha value is -6.46. The van der Waals surface area contributed by atoms with Crippen molar-refractivity contribution >= 4 is 77.2 Å². The van der Waals surface area contributed by atoms with Crippen LogP contribution < -0.4 is 24.0 Å². The Bertz CT molecular complexity index is 3110. The number of fused-ring (bicyclic) bond motifs is 5. The summed E-state index contributed by atoms with van der Waals surface area (Å²) in [7, 11) is -7.44. The predicted molar refractivity (Wildman–Crippen MR) is 251 cm³/mol. The molecule has 3 N–H and O–H groups in total. The summed E-state index contributed by atoms with van der Waals surface area (Å²) in [6.45, 7) is 5.72. The number of para-hydroxylation sites is 2. The van der Waals surface area contributed by atoms with Gasteiger partial charge < -0.3 is 25.1 Å². The van der Waals surface area contributed by atoms with Gasteiger partial charge in [-0.1, -0.05) is 36.4 Å². The summed E-state index contributed by atoms with van der Waals surface area (Å²) in [5.41, 5.74) is 8.23. The first-order valence-corrected chi connectivity index (χ1v) is 24.8.